The molecule has 0 bridgehead atoms. The van der Waals surface area contributed by atoms with Crippen molar-refractivity contribution in [3.8, 4) is 0 Å². The third-order valence-corrected chi connectivity index (χ3v) is 5.30. The quantitative estimate of drug-likeness (QED) is 0.825. The number of likely N-dealkylation sites (N-methyl/N-ethyl adjacent to an activating group) is 1. The summed E-state index contributed by atoms with van der Waals surface area (Å²) in [6, 6.07) is 0.564. The lowest BCUT2D eigenvalue weighted by Gasteiger charge is -2.26. The molecule has 0 aliphatic carbocycles. The lowest BCUT2D eigenvalue weighted by Crippen LogP contribution is -2.40. The molecule has 17 heavy (non-hydrogen) atoms. The van der Waals surface area contributed by atoms with Gasteiger partial charge in [0.2, 0.25) is 0 Å². The monoisotopic (exact) mass is 258 g/mol. The van der Waals surface area contributed by atoms with E-state index in [0.29, 0.717) is 12.0 Å². The minimum atomic E-state index is 0.564. The second-order valence-electron chi connectivity index (χ2n) is 5.28. The number of hydrogen-bond acceptors (Lipinski definition) is 4. The van der Waals surface area contributed by atoms with E-state index in [-0.39, 0.29) is 0 Å². The van der Waals surface area contributed by atoms with Gasteiger partial charge in [-0.3, -0.25) is 0 Å². The van der Waals surface area contributed by atoms with Crippen LogP contribution >= 0.6 is 11.8 Å². The van der Waals surface area contributed by atoms with Crippen molar-refractivity contribution in [3.63, 3.8) is 0 Å². The number of hydrogen-bond donors (Lipinski definition) is 1. The maximum absolute atomic E-state index is 5.58. The zero-order chi connectivity index (χ0) is 12.1. The predicted molar refractivity (Wildman–Crippen MR) is 74.8 cm³/mol. The van der Waals surface area contributed by atoms with E-state index >= 15 is 0 Å². The number of likely N-dealkylation sites (tertiary alicyclic amines) is 1. The zero-order valence-electron chi connectivity index (χ0n) is 11.2. The molecule has 0 spiro atoms. The van der Waals surface area contributed by atoms with Gasteiger partial charge in [0.05, 0.1) is 13.2 Å². The molecule has 3 atom stereocenters. The van der Waals surface area contributed by atoms with Crippen LogP contribution in [-0.4, -0.2) is 62.3 Å². The van der Waals surface area contributed by atoms with Crippen molar-refractivity contribution in [2.45, 2.75) is 30.6 Å². The Morgan fingerprint density at radius 2 is 2.18 bits per heavy atom. The molecule has 1 N–H and O–H groups in total. The molecule has 100 valence electrons. The van der Waals surface area contributed by atoms with Crippen molar-refractivity contribution >= 4 is 11.8 Å². The Kier molecular flexibility index (Phi) is 5.60. The van der Waals surface area contributed by atoms with Crippen LogP contribution in [0.3, 0.4) is 0 Å². The van der Waals surface area contributed by atoms with Gasteiger partial charge < -0.3 is 15.0 Å². The largest absolute Gasteiger partial charge is 0.379 e. The second-order valence-corrected chi connectivity index (χ2v) is 6.42. The fourth-order valence-electron chi connectivity index (χ4n) is 2.97. The van der Waals surface area contributed by atoms with E-state index in [9.17, 15) is 0 Å². The highest BCUT2D eigenvalue weighted by atomic mass is 32.2. The Balaban J connectivity index is 1.78. The topological polar surface area (TPSA) is 24.5 Å². The van der Waals surface area contributed by atoms with Crippen LogP contribution in [0.1, 0.15) is 19.3 Å². The number of rotatable bonds is 4. The van der Waals surface area contributed by atoms with Crippen LogP contribution in [0.15, 0.2) is 0 Å². The predicted octanol–water partition coefficient (Wildman–Crippen LogP) is 1.44. The third kappa shape index (κ3) is 3.85. The van der Waals surface area contributed by atoms with Crippen LogP contribution in [0.25, 0.3) is 0 Å². The average Bonchev–Trinajstić information content (AvgIpc) is 2.67. The van der Waals surface area contributed by atoms with Crippen molar-refractivity contribution in [2.75, 3.05) is 46.2 Å². The van der Waals surface area contributed by atoms with Gasteiger partial charge in [-0.25, -0.2) is 0 Å². The van der Waals surface area contributed by atoms with Gasteiger partial charge in [-0.1, -0.05) is 0 Å². The van der Waals surface area contributed by atoms with Gasteiger partial charge in [-0.2, -0.15) is 11.8 Å². The van der Waals surface area contributed by atoms with Crippen molar-refractivity contribution in [3.05, 3.63) is 0 Å². The standard InChI is InChI=1S/C13H26N2OS/c1-14-13-10-16-9-11(13)8-15-6-3-4-12(17-2)5-7-15/h11-14H,3-10H2,1-2H3. The Hall–Kier alpha value is 0.230. The molecule has 4 heteroatoms. The molecule has 2 saturated heterocycles. The summed E-state index contributed by atoms with van der Waals surface area (Å²) in [4.78, 5) is 2.65. The summed E-state index contributed by atoms with van der Waals surface area (Å²) >= 11 is 2.05. The number of ether oxygens (including phenoxy) is 1. The summed E-state index contributed by atoms with van der Waals surface area (Å²) in [5.74, 6) is 0.686. The SMILES string of the molecule is CNC1COCC1CN1CCCC(SC)CC1. The van der Waals surface area contributed by atoms with E-state index in [1.807, 2.05) is 11.8 Å². The van der Waals surface area contributed by atoms with E-state index in [4.69, 9.17) is 4.74 Å². The number of nitrogens with zero attached hydrogens (tertiary/aromatic N) is 1. The summed E-state index contributed by atoms with van der Waals surface area (Å²) in [6.45, 7) is 5.60. The minimum Gasteiger partial charge on any atom is -0.379 e. The van der Waals surface area contributed by atoms with Crippen LogP contribution in [0.4, 0.5) is 0 Å². The van der Waals surface area contributed by atoms with Gasteiger partial charge in [0, 0.05) is 23.8 Å². The van der Waals surface area contributed by atoms with Gasteiger partial charge in [0.15, 0.2) is 0 Å². The maximum atomic E-state index is 5.58. The van der Waals surface area contributed by atoms with Gasteiger partial charge in [-0.15, -0.1) is 0 Å². The molecule has 0 aromatic heterocycles. The Labute approximate surface area is 110 Å². The molecule has 2 fully saturated rings. The Morgan fingerprint density at radius 1 is 1.29 bits per heavy atom. The van der Waals surface area contributed by atoms with Crippen molar-refractivity contribution in [1.29, 1.82) is 0 Å². The van der Waals surface area contributed by atoms with Gasteiger partial charge in [-0.05, 0) is 45.7 Å². The summed E-state index contributed by atoms with van der Waals surface area (Å²) in [6.07, 6.45) is 6.37. The van der Waals surface area contributed by atoms with E-state index in [0.717, 1.165) is 18.5 Å². The smallest absolute Gasteiger partial charge is 0.0623 e. The number of thioether (sulfide) groups is 1. The molecule has 0 aromatic carbocycles. The van der Waals surface area contributed by atoms with Crippen LogP contribution in [0.5, 0.6) is 0 Å². The van der Waals surface area contributed by atoms with Gasteiger partial charge >= 0.3 is 0 Å². The molecule has 2 rings (SSSR count). The normalized spacial score (nSPS) is 36.0. The van der Waals surface area contributed by atoms with Crippen molar-refractivity contribution in [2.24, 2.45) is 5.92 Å². The second kappa shape index (κ2) is 6.98. The van der Waals surface area contributed by atoms with Crippen LogP contribution in [0.2, 0.25) is 0 Å². The average molecular weight is 258 g/mol. The summed E-state index contributed by atoms with van der Waals surface area (Å²) in [5, 5.41) is 4.27. The molecular weight excluding hydrogens is 232 g/mol. The first-order chi connectivity index (χ1) is 8.33. The third-order valence-electron chi connectivity index (χ3n) is 4.16. The highest BCUT2D eigenvalue weighted by Gasteiger charge is 2.29. The van der Waals surface area contributed by atoms with Crippen LogP contribution in [-0.2, 0) is 4.74 Å². The highest BCUT2D eigenvalue weighted by molar-refractivity contribution is 7.99. The summed E-state index contributed by atoms with van der Waals surface area (Å²) in [7, 11) is 2.05. The number of nitrogens with one attached hydrogen (secondary N) is 1. The van der Waals surface area contributed by atoms with Crippen LogP contribution < -0.4 is 5.32 Å². The Morgan fingerprint density at radius 3 is 2.94 bits per heavy atom. The first-order valence-corrected chi connectivity index (χ1v) is 8.12. The minimum absolute atomic E-state index is 0.564. The fraction of sp³-hybridized carbons (Fsp3) is 1.00. The van der Waals surface area contributed by atoms with Crippen molar-refractivity contribution < 1.29 is 4.74 Å². The lowest BCUT2D eigenvalue weighted by molar-refractivity contribution is 0.168. The summed E-state index contributed by atoms with van der Waals surface area (Å²) in [5.41, 5.74) is 0. The van der Waals surface area contributed by atoms with E-state index in [1.54, 1.807) is 0 Å². The van der Waals surface area contributed by atoms with Crippen LogP contribution in [0, 0.1) is 5.92 Å². The summed E-state index contributed by atoms with van der Waals surface area (Å²) < 4.78 is 5.58. The molecule has 2 aliphatic rings. The zero-order valence-corrected chi connectivity index (χ0v) is 12.0. The molecule has 0 amide bonds. The fourth-order valence-corrected chi connectivity index (χ4v) is 3.72. The van der Waals surface area contributed by atoms with Gasteiger partial charge in [0.25, 0.3) is 0 Å². The highest BCUT2D eigenvalue weighted by Crippen LogP contribution is 2.23. The molecule has 2 heterocycles. The first-order valence-electron chi connectivity index (χ1n) is 6.83. The molecule has 0 radical (unpaired) electrons. The molecule has 0 saturated carbocycles. The lowest BCUT2D eigenvalue weighted by atomic mass is 10.0. The van der Waals surface area contributed by atoms with Gasteiger partial charge in [0.1, 0.15) is 0 Å². The molecular formula is C13H26N2OS. The van der Waals surface area contributed by atoms with Crippen molar-refractivity contribution in [1.82, 2.24) is 10.2 Å². The molecule has 3 unspecified atom stereocenters. The first kappa shape index (κ1) is 13.7. The van der Waals surface area contributed by atoms with E-state index in [1.165, 1.54) is 38.9 Å². The Bertz CT molecular complexity index is 227. The molecule has 0 aromatic rings. The molecule has 3 nitrogen and oxygen atoms in total. The molecule has 2 aliphatic heterocycles. The van der Waals surface area contributed by atoms with E-state index < -0.39 is 0 Å². The van der Waals surface area contributed by atoms with E-state index in [2.05, 4.69) is 23.5 Å². The maximum Gasteiger partial charge on any atom is 0.0623 e.